The van der Waals surface area contributed by atoms with Crippen LogP contribution in [0.5, 0.6) is 5.75 Å². The molecule has 0 spiro atoms. The molecule has 0 saturated carbocycles. The summed E-state index contributed by atoms with van der Waals surface area (Å²) in [5.41, 5.74) is 2.07. The Labute approximate surface area is 239 Å². The van der Waals surface area contributed by atoms with Crippen LogP contribution >= 0.6 is 0 Å². The second kappa shape index (κ2) is 10.8. The van der Waals surface area contributed by atoms with Gasteiger partial charge in [0, 0.05) is 18.7 Å². The number of rotatable bonds is 6. The lowest BCUT2D eigenvalue weighted by molar-refractivity contribution is -0.00348. The quantitative estimate of drug-likeness (QED) is 0.476. The second-order valence-corrected chi connectivity index (χ2v) is 10.3. The maximum absolute atomic E-state index is 14.7. The molecule has 6 rings (SSSR count). The van der Waals surface area contributed by atoms with Crippen LogP contribution in [0, 0.1) is 36.8 Å². The minimum Gasteiger partial charge on any atom is -0.483 e. The summed E-state index contributed by atoms with van der Waals surface area (Å²) in [5.74, 6) is -1.32. The van der Waals surface area contributed by atoms with Gasteiger partial charge < -0.3 is 19.7 Å². The van der Waals surface area contributed by atoms with Gasteiger partial charge in [-0.25, -0.2) is 28.3 Å². The molecular formula is C28H26F2N8O4. The largest absolute Gasteiger partial charge is 0.483 e. The van der Waals surface area contributed by atoms with E-state index in [-0.39, 0.29) is 42.2 Å². The molecule has 2 fully saturated rings. The maximum atomic E-state index is 14.7. The van der Waals surface area contributed by atoms with Gasteiger partial charge in [-0.15, -0.1) is 0 Å². The number of carbonyl (C=O) groups excluding carboxylic acids is 2. The molecular weight excluding hydrogens is 550 g/mol. The first-order chi connectivity index (χ1) is 20.2. The summed E-state index contributed by atoms with van der Waals surface area (Å²) in [7, 11) is 0. The van der Waals surface area contributed by atoms with Crippen LogP contribution in [-0.4, -0.2) is 81.3 Å². The zero-order valence-corrected chi connectivity index (χ0v) is 22.8. The Bertz CT molecular complexity index is 1640. The summed E-state index contributed by atoms with van der Waals surface area (Å²) < 4.78 is 41.1. The van der Waals surface area contributed by atoms with Gasteiger partial charge in [0.15, 0.2) is 17.4 Å². The Morgan fingerprint density at radius 1 is 1.17 bits per heavy atom. The molecule has 216 valence electrons. The third-order valence-corrected chi connectivity index (χ3v) is 7.39. The number of nitrogens with zero attached hydrogens (tertiary/aromatic N) is 7. The number of pyridine rings is 1. The SMILES string of the molecule is Cc1nn(-c2cc(OC3CN(C(=O)N4N=CCC4c4cc(F)cc(C#N)c4)C3)c(F)cn2)c(C)c1C(=O)NC1COC1. The van der Waals surface area contributed by atoms with Crippen LogP contribution in [0.2, 0.25) is 0 Å². The molecule has 1 aromatic carbocycles. The van der Waals surface area contributed by atoms with Gasteiger partial charge in [0.1, 0.15) is 11.9 Å². The number of hydrogen-bond donors (Lipinski definition) is 1. The summed E-state index contributed by atoms with van der Waals surface area (Å²) in [4.78, 5) is 31.6. The lowest BCUT2D eigenvalue weighted by Crippen LogP contribution is -2.58. The topological polar surface area (TPSA) is 138 Å². The van der Waals surface area contributed by atoms with E-state index in [1.54, 1.807) is 20.1 Å². The minimum atomic E-state index is -0.684. The van der Waals surface area contributed by atoms with Gasteiger partial charge in [0.2, 0.25) is 0 Å². The fraction of sp³-hybridized carbons (Fsp3) is 0.357. The van der Waals surface area contributed by atoms with Crippen LogP contribution in [0.3, 0.4) is 0 Å². The summed E-state index contributed by atoms with van der Waals surface area (Å²) in [6, 6.07) is 6.27. The van der Waals surface area contributed by atoms with Crippen molar-refractivity contribution >= 4 is 18.2 Å². The molecule has 1 N–H and O–H groups in total. The number of aryl methyl sites for hydroxylation is 1. The first kappa shape index (κ1) is 27.3. The lowest BCUT2D eigenvalue weighted by atomic mass is 10.0. The van der Waals surface area contributed by atoms with Crippen molar-refractivity contribution in [2.75, 3.05) is 26.3 Å². The number of aromatic nitrogens is 3. The average Bonchev–Trinajstić information content (AvgIpc) is 3.52. The Balaban J connectivity index is 1.12. The van der Waals surface area contributed by atoms with Crippen molar-refractivity contribution in [3.05, 3.63) is 70.2 Å². The molecule has 42 heavy (non-hydrogen) atoms. The molecule has 14 heteroatoms. The van der Waals surface area contributed by atoms with Gasteiger partial charge in [0.25, 0.3) is 5.91 Å². The van der Waals surface area contributed by atoms with Crippen LogP contribution in [0.4, 0.5) is 13.6 Å². The van der Waals surface area contributed by atoms with Crippen molar-refractivity contribution in [2.24, 2.45) is 5.10 Å². The summed E-state index contributed by atoms with van der Waals surface area (Å²) in [5, 5.41) is 21.9. The first-order valence-corrected chi connectivity index (χ1v) is 13.3. The van der Waals surface area contributed by atoms with E-state index in [0.717, 1.165) is 12.3 Å². The highest BCUT2D eigenvalue weighted by Crippen LogP contribution is 2.32. The van der Waals surface area contributed by atoms with Gasteiger partial charge in [-0.1, -0.05) is 0 Å². The maximum Gasteiger partial charge on any atom is 0.341 e. The standard InChI is InChI=1S/C28H26F2N8O4/c1-15-26(27(39)34-20-13-41-14-20)16(2)37(35-15)25-8-24(22(30)10-32-25)42-21-11-36(12-21)28(40)38-23(3-4-33-38)18-5-17(9-31)6-19(29)7-18/h4-8,10,20-21,23H,3,11-14H2,1-2H3,(H,34,39). The van der Waals surface area contributed by atoms with Gasteiger partial charge >= 0.3 is 6.03 Å². The smallest absolute Gasteiger partial charge is 0.341 e. The van der Waals surface area contributed by atoms with E-state index in [1.165, 1.54) is 32.8 Å². The molecule has 3 aliphatic rings. The molecule has 0 radical (unpaired) electrons. The van der Waals surface area contributed by atoms with E-state index in [9.17, 15) is 23.6 Å². The van der Waals surface area contributed by atoms with Crippen LogP contribution < -0.4 is 10.1 Å². The average molecular weight is 577 g/mol. The van der Waals surface area contributed by atoms with Crippen molar-refractivity contribution in [1.29, 1.82) is 5.26 Å². The van der Waals surface area contributed by atoms with Crippen LogP contribution in [0.15, 0.2) is 35.6 Å². The Morgan fingerprint density at radius 2 is 1.95 bits per heavy atom. The highest BCUT2D eigenvalue weighted by Gasteiger charge is 2.39. The van der Waals surface area contributed by atoms with Crippen molar-refractivity contribution in [3.8, 4) is 17.6 Å². The Morgan fingerprint density at radius 3 is 2.67 bits per heavy atom. The van der Waals surface area contributed by atoms with Crippen molar-refractivity contribution in [2.45, 2.75) is 38.5 Å². The fourth-order valence-corrected chi connectivity index (χ4v) is 5.12. The van der Waals surface area contributed by atoms with Crippen LogP contribution in [0.1, 0.15) is 45.3 Å². The zero-order chi connectivity index (χ0) is 29.5. The zero-order valence-electron chi connectivity index (χ0n) is 22.8. The van der Waals surface area contributed by atoms with Gasteiger partial charge in [0.05, 0.1) is 73.2 Å². The molecule has 1 unspecified atom stereocenters. The number of nitriles is 1. The predicted octanol–water partition coefficient (Wildman–Crippen LogP) is 2.78. The van der Waals surface area contributed by atoms with E-state index in [2.05, 4.69) is 20.5 Å². The van der Waals surface area contributed by atoms with E-state index in [4.69, 9.17) is 9.47 Å². The molecule has 3 amide bonds. The number of amides is 3. The summed E-state index contributed by atoms with van der Waals surface area (Å²) in [6.45, 7) is 4.72. The molecule has 1 atom stereocenters. The summed E-state index contributed by atoms with van der Waals surface area (Å²) in [6.07, 6.45) is 2.47. The van der Waals surface area contributed by atoms with Crippen LogP contribution in [-0.2, 0) is 4.74 Å². The number of carbonyl (C=O) groups is 2. The normalized spacial score (nSPS) is 18.4. The number of urea groups is 1. The molecule has 3 aromatic rings. The highest BCUT2D eigenvalue weighted by atomic mass is 19.1. The molecule has 0 bridgehead atoms. The molecule has 5 heterocycles. The Hall–Kier alpha value is -4.90. The molecule has 2 aromatic heterocycles. The summed E-state index contributed by atoms with van der Waals surface area (Å²) >= 11 is 0. The minimum absolute atomic E-state index is 0.0431. The Kier molecular flexibility index (Phi) is 7.03. The van der Waals surface area contributed by atoms with Gasteiger partial charge in [-0.3, -0.25) is 4.79 Å². The van der Waals surface area contributed by atoms with E-state index in [1.807, 2.05) is 6.07 Å². The molecule has 2 saturated heterocycles. The lowest BCUT2D eigenvalue weighted by Gasteiger charge is -2.41. The fourth-order valence-electron chi connectivity index (χ4n) is 5.12. The predicted molar refractivity (Wildman–Crippen MR) is 143 cm³/mol. The van der Waals surface area contributed by atoms with Crippen LogP contribution in [0.25, 0.3) is 5.82 Å². The third-order valence-electron chi connectivity index (χ3n) is 7.39. The van der Waals surface area contributed by atoms with E-state index < -0.39 is 29.8 Å². The number of benzene rings is 1. The van der Waals surface area contributed by atoms with Gasteiger partial charge in [-0.2, -0.15) is 15.5 Å². The van der Waals surface area contributed by atoms with Gasteiger partial charge in [-0.05, 0) is 37.6 Å². The highest BCUT2D eigenvalue weighted by molar-refractivity contribution is 5.96. The molecule has 3 aliphatic heterocycles. The second-order valence-electron chi connectivity index (χ2n) is 10.3. The number of ether oxygens (including phenoxy) is 2. The van der Waals surface area contributed by atoms with E-state index in [0.29, 0.717) is 42.1 Å². The number of hydrazone groups is 1. The molecule has 12 nitrogen and oxygen atoms in total. The van der Waals surface area contributed by atoms with Crippen molar-refractivity contribution in [3.63, 3.8) is 0 Å². The number of nitrogens with one attached hydrogen (secondary N) is 1. The number of halogens is 2. The van der Waals surface area contributed by atoms with Crippen molar-refractivity contribution < 1.29 is 27.8 Å². The first-order valence-electron chi connectivity index (χ1n) is 13.3. The molecule has 0 aliphatic carbocycles. The third kappa shape index (κ3) is 5.03. The number of likely N-dealkylation sites (tertiary alicyclic amines) is 1. The number of hydrogen-bond acceptors (Lipinski definition) is 8. The van der Waals surface area contributed by atoms with E-state index >= 15 is 0 Å². The monoisotopic (exact) mass is 576 g/mol. The van der Waals surface area contributed by atoms with Crippen molar-refractivity contribution in [1.82, 2.24) is 30.0 Å².